The van der Waals surface area contributed by atoms with Crippen LogP contribution in [0.25, 0.3) is 27.8 Å². The topological polar surface area (TPSA) is 114 Å². The first kappa shape index (κ1) is 18.9. The fraction of sp³-hybridized carbons (Fsp3) is 0.263. The number of carbonyl (C=O) groups excluding carboxylic acids is 1. The number of halogens is 3. The zero-order valence-electron chi connectivity index (χ0n) is 15.7. The van der Waals surface area contributed by atoms with Gasteiger partial charge >= 0.3 is 0 Å². The highest BCUT2D eigenvalue weighted by atomic mass is 35.5. The molecule has 1 aliphatic carbocycles. The molecule has 1 fully saturated rings. The van der Waals surface area contributed by atoms with Crippen molar-refractivity contribution in [2.45, 2.75) is 25.6 Å². The number of aromatic amines is 1. The fourth-order valence-electron chi connectivity index (χ4n) is 3.56. The molecule has 8 nitrogen and oxygen atoms in total. The van der Waals surface area contributed by atoms with Crippen molar-refractivity contribution in [3.8, 4) is 11.3 Å². The lowest BCUT2D eigenvalue weighted by Crippen LogP contribution is -2.15. The highest BCUT2D eigenvalue weighted by Gasteiger charge is 2.43. The number of rotatable bonds is 4. The predicted molar refractivity (Wildman–Crippen MR) is 107 cm³/mol. The maximum absolute atomic E-state index is 15.0. The average molecular weight is 432 g/mol. The molecule has 0 spiro atoms. The molecule has 4 N–H and O–H groups in total. The van der Waals surface area contributed by atoms with E-state index in [2.05, 4.69) is 25.5 Å². The van der Waals surface area contributed by atoms with Crippen LogP contribution in [0, 0.1) is 11.7 Å². The Morgan fingerprint density at radius 3 is 2.90 bits per heavy atom. The molecule has 1 aliphatic rings. The van der Waals surface area contributed by atoms with E-state index in [1.807, 2.05) is 0 Å². The lowest BCUT2D eigenvalue weighted by Gasteiger charge is -2.14. The first-order valence-electron chi connectivity index (χ1n) is 9.24. The van der Waals surface area contributed by atoms with Crippen molar-refractivity contribution in [3.63, 3.8) is 0 Å². The van der Waals surface area contributed by atoms with Gasteiger partial charge in [0.25, 0.3) is 0 Å². The minimum Gasteiger partial charge on any atom is -0.324 e. The Hall–Kier alpha value is -3.11. The van der Waals surface area contributed by atoms with E-state index in [9.17, 15) is 13.6 Å². The van der Waals surface area contributed by atoms with Crippen LogP contribution >= 0.6 is 11.6 Å². The molecule has 30 heavy (non-hydrogen) atoms. The van der Waals surface area contributed by atoms with Gasteiger partial charge < -0.3 is 15.5 Å². The molecule has 3 aromatic heterocycles. The van der Waals surface area contributed by atoms with Crippen molar-refractivity contribution in [1.82, 2.24) is 24.6 Å². The van der Waals surface area contributed by atoms with Gasteiger partial charge in [-0.05, 0) is 13.3 Å². The molecule has 1 amide bonds. The number of anilines is 1. The van der Waals surface area contributed by atoms with Gasteiger partial charge in [0.15, 0.2) is 11.5 Å². The van der Waals surface area contributed by atoms with Crippen LogP contribution in [0.15, 0.2) is 24.8 Å². The number of hydrogen-bond acceptors (Lipinski definition) is 5. The molecule has 11 heteroatoms. The van der Waals surface area contributed by atoms with Crippen LogP contribution in [-0.4, -0.2) is 36.6 Å². The molecule has 2 unspecified atom stereocenters. The summed E-state index contributed by atoms with van der Waals surface area (Å²) in [6.45, 7) is 1.66. The standard InChI is InChI=1S/C19H16ClF2N7O/c1-7(23)14-17(22)16(20)15(9-3-25-28-18(9)14)11-5-29-6-12(26-13(29)4-24-11)27-19(30)8-2-10(8)21/h3-8,10H,2,23H2,1H3,(H,25,28)(H,27,30)/t7-,8?,10?/m0/s1. The van der Waals surface area contributed by atoms with Crippen molar-refractivity contribution in [2.75, 3.05) is 5.32 Å². The van der Waals surface area contributed by atoms with Gasteiger partial charge in [-0.1, -0.05) is 11.6 Å². The minimum atomic E-state index is -1.09. The largest absolute Gasteiger partial charge is 0.324 e. The fourth-order valence-corrected chi connectivity index (χ4v) is 3.86. The number of nitrogens with zero attached hydrogens (tertiary/aromatic N) is 4. The molecule has 0 aliphatic heterocycles. The molecule has 3 atom stereocenters. The predicted octanol–water partition coefficient (Wildman–Crippen LogP) is 3.38. The summed E-state index contributed by atoms with van der Waals surface area (Å²) in [5.74, 6) is -1.39. The smallest absolute Gasteiger partial charge is 0.231 e. The van der Waals surface area contributed by atoms with Crippen LogP contribution in [0.3, 0.4) is 0 Å². The Morgan fingerprint density at radius 1 is 1.43 bits per heavy atom. The second-order valence-corrected chi connectivity index (χ2v) is 7.75. The molecule has 1 aromatic carbocycles. The van der Waals surface area contributed by atoms with E-state index in [0.717, 1.165) is 0 Å². The van der Waals surface area contributed by atoms with Gasteiger partial charge in [0.2, 0.25) is 5.91 Å². The average Bonchev–Trinajstić information content (AvgIpc) is 3.08. The number of amides is 1. The second kappa shape index (κ2) is 6.71. The summed E-state index contributed by atoms with van der Waals surface area (Å²) >= 11 is 6.36. The first-order valence-corrected chi connectivity index (χ1v) is 9.62. The quantitative estimate of drug-likeness (QED) is 0.458. The monoisotopic (exact) mass is 431 g/mol. The molecule has 5 rings (SSSR count). The summed E-state index contributed by atoms with van der Waals surface area (Å²) < 4.78 is 29.7. The third-order valence-corrected chi connectivity index (χ3v) is 5.54. The minimum absolute atomic E-state index is 0.112. The lowest BCUT2D eigenvalue weighted by molar-refractivity contribution is -0.117. The van der Waals surface area contributed by atoms with E-state index in [-0.39, 0.29) is 22.8 Å². The van der Waals surface area contributed by atoms with E-state index >= 15 is 0 Å². The molecule has 154 valence electrons. The lowest BCUT2D eigenvalue weighted by atomic mass is 9.99. The van der Waals surface area contributed by atoms with E-state index in [1.165, 1.54) is 12.4 Å². The number of nitrogens with two attached hydrogens (primary N) is 1. The van der Waals surface area contributed by atoms with E-state index < -0.39 is 29.9 Å². The van der Waals surface area contributed by atoms with Gasteiger partial charge in [-0.3, -0.25) is 14.9 Å². The molecule has 3 heterocycles. The van der Waals surface area contributed by atoms with Gasteiger partial charge in [-0.2, -0.15) is 5.10 Å². The molecular weight excluding hydrogens is 416 g/mol. The highest BCUT2D eigenvalue weighted by Crippen LogP contribution is 2.40. The molecule has 1 saturated carbocycles. The number of nitrogens with one attached hydrogen (secondary N) is 2. The number of benzene rings is 1. The van der Waals surface area contributed by atoms with Crippen molar-refractivity contribution < 1.29 is 13.6 Å². The summed E-state index contributed by atoms with van der Waals surface area (Å²) in [7, 11) is 0. The van der Waals surface area contributed by atoms with E-state index in [0.29, 0.717) is 27.8 Å². The third-order valence-electron chi connectivity index (χ3n) is 5.18. The summed E-state index contributed by atoms with van der Waals surface area (Å²) in [4.78, 5) is 20.6. The van der Waals surface area contributed by atoms with Crippen LogP contribution in [0.1, 0.15) is 24.9 Å². The summed E-state index contributed by atoms with van der Waals surface area (Å²) in [5, 5.41) is 9.85. The van der Waals surface area contributed by atoms with Crippen LogP contribution in [0.2, 0.25) is 5.02 Å². The molecule has 0 bridgehead atoms. The van der Waals surface area contributed by atoms with Gasteiger partial charge in [-0.15, -0.1) is 0 Å². The number of fused-ring (bicyclic) bond motifs is 2. The summed E-state index contributed by atoms with van der Waals surface area (Å²) in [5.41, 5.74) is 7.81. The maximum atomic E-state index is 15.0. The van der Waals surface area contributed by atoms with Crippen molar-refractivity contribution in [1.29, 1.82) is 0 Å². The van der Waals surface area contributed by atoms with E-state index in [1.54, 1.807) is 23.7 Å². The van der Waals surface area contributed by atoms with Crippen molar-refractivity contribution in [3.05, 3.63) is 41.2 Å². The van der Waals surface area contributed by atoms with Crippen molar-refractivity contribution >= 4 is 39.9 Å². The van der Waals surface area contributed by atoms with Crippen LogP contribution in [0.4, 0.5) is 14.6 Å². The number of alkyl halides is 1. The summed E-state index contributed by atoms with van der Waals surface area (Å²) in [6.07, 6.45) is 5.33. The second-order valence-electron chi connectivity index (χ2n) is 7.38. The molecule has 4 aromatic rings. The molecule has 0 saturated heterocycles. The number of aromatic nitrogens is 5. The molecular formula is C19H16ClF2N7O. The van der Waals surface area contributed by atoms with Gasteiger partial charge in [0.05, 0.1) is 40.7 Å². The number of H-pyrrole nitrogens is 1. The van der Waals surface area contributed by atoms with Gasteiger partial charge in [-0.25, -0.2) is 13.8 Å². The Kier molecular flexibility index (Phi) is 4.23. The Morgan fingerprint density at radius 2 is 2.20 bits per heavy atom. The first-order chi connectivity index (χ1) is 14.3. The number of imidazole rings is 1. The van der Waals surface area contributed by atoms with Gasteiger partial charge in [0, 0.05) is 28.8 Å². The normalized spacial score (nSPS) is 19.4. The SMILES string of the molecule is C[C@H](N)c1c(F)c(Cl)c(-c2cn3cc(NC(=O)C4CC4F)nc3cn2)c2cn[nH]c12. The zero-order valence-corrected chi connectivity index (χ0v) is 16.4. The highest BCUT2D eigenvalue weighted by molar-refractivity contribution is 6.35. The Bertz CT molecular complexity index is 1320. The molecule has 0 radical (unpaired) electrons. The Labute approximate surface area is 173 Å². The van der Waals surface area contributed by atoms with Crippen LogP contribution < -0.4 is 11.1 Å². The van der Waals surface area contributed by atoms with Crippen LogP contribution in [0.5, 0.6) is 0 Å². The van der Waals surface area contributed by atoms with Gasteiger partial charge in [0.1, 0.15) is 12.0 Å². The number of hydrogen-bond donors (Lipinski definition) is 3. The van der Waals surface area contributed by atoms with Crippen molar-refractivity contribution in [2.24, 2.45) is 11.7 Å². The summed E-state index contributed by atoms with van der Waals surface area (Å²) in [6, 6.07) is -0.592. The van der Waals surface area contributed by atoms with Crippen LogP contribution in [-0.2, 0) is 4.79 Å². The Balaban J connectivity index is 1.59. The van der Waals surface area contributed by atoms with E-state index in [4.69, 9.17) is 17.3 Å². The third kappa shape index (κ3) is 2.91. The maximum Gasteiger partial charge on any atom is 0.231 e. The zero-order chi connectivity index (χ0) is 21.2. The number of carbonyl (C=O) groups is 1.